The number of Topliss-reactive ketones (excluding diaryl/α,β-unsaturated/α-hetero) is 1. The predicted molar refractivity (Wildman–Crippen MR) is 56.7 cm³/mol. The van der Waals surface area contributed by atoms with Crippen LogP contribution in [0.1, 0.15) is 29.8 Å². The van der Waals surface area contributed by atoms with Crippen molar-refractivity contribution in [2.45, 2.75) is 13.8 Å². The molecule has 2 N–H and O–H groups in total. The second-order valence-corrected chi connectivity index (χ2v) is 3.00. The van der Waals surface area contributed by atoms with Gasteiger partial charge in [-0.15, -0.1) is 0 Å². The van der Waals surface area contributed by atoms with Gasteiger partial charge in [-0.05, 0) is 26.0 Å². The van der Waals surface area contributed by atoms with Gasteiger partial charge < -0.3 is 10.5 Å². The second-order valence-electron chi connectivity index (χ2n) is 3.00. The van der Waals surface area contributed by atoms with E-state index in [0.29, 0.717) is 17.9 Å². The first kappa shape index (κ1) is 11.1. The van der Waals surface area contributed by atoms with Crippen LogP contribution in [0.25, 0.3) is 0 Å². The number of carbonyl (C=O) groups is 1. The van der Waals surface area contributed by atoms with Crippen molar-refractivity contribution >= 4 is 11.5 Å². The van der Waals surface area contributed by atoms with Crippen LogP contribution in [0.4, 0.5) is 5.69 Å². The Morgan fingerprint density at radius 1 is 1.60 bits per heavy atom. The van der Waals surface area contributed by atoms with Gasteiger partial charge in [0.15, 0.2) is 5.78 Å². The average molecular weight is 204 g/mol. The molecule has 0 saturated heterocycles. The number of anilines is 1. The molecule has 0 bridgehead atoms. The van der Waals surface area contributed by atoms with Crippen LogP contribution in [-0.2, 0) is 0 Å². The number of hydrogen-bond donors (Lipinski definition) is 1. The molecule has 0 aliphatic rings. The van der Waals surface area contributed by atoms with Crippen molar-refractivity contribution in [2.75, 3.05) is 12.3 Å². The molecule has 0 aliphatic heterocycles. The molecule has 0 unspecified atom stereocenters. The summed E-state index contributed by atoms with van der Waals surface area (Å²) < 4.78 is 5.27. The Morgan fingerprint density at radius 3 is 2.73 bits per heavy atom. The molecule has 0 fully saturated rings. The molecule has 0 atom stereocenters. The van der Waals surface area contributed by atoms with E-state index in [-0.39, 0.29) is 17.0 Å². The summed E-state index contributed by atoms with van der Waals surface area (Å²) in [6, 6.07) is 5.07. The molecule has 1 aromatic rings. The fourth-order valence-corrected chi connectivity index (χ4v) is 1.34. The Bertz CT molecular complexity index is 433. The molecule has 0 spiro atoms. The molecule has 15 heavy (non-hydrogen) atoms. The van der Waals surface area contributed by atoms with Crippen molar-refractivity contribution in [3.63, 3.8) is 0 Å². The summed E-state index contributed by atoms with van der Waals surface area (Å²) in [5.41, 5.74) is 6.48. The van der Waals surface area contributed by atoms with Gasteiger partial charge in [0.05, 0.1) is 23.4 Å². The molecule has 4 heteroatoms. The van der Waals surface area contributed by atoms with Crippen LogP contribution in [0.3, 0.4) is 0 Å². The third-order valence-corrected chi connectivity index (χ3v) is 1.98. The first-order valence-corrected chi connectivity index (χ1v) is 4.58. The number of nitrogen functional groups attached to an aromatic ring is 1. The number of nitriles is 1. The average Bonchev–Trinajstić information content (AvgIpc) is 2.18. The number of nitrogens with two attached hydrogens (primary N) is 1. The lowest BCUT2D eigenvalue weighted by atomic mass is 10.0. The highest BCUT2D eigenvalue weighted by Crippen LogP contribution is 2.28. The summed E-state index contributed by atoms with van der Waals surface area (Å²) in [6.45, 7) is 3.67. The van der Waals surface area contributed by atoms with Gasteiger partial charge in [-0.3, -0.25) is 4.79 Å². The molecule has 0 amide bonds. The third-order valence-electron chi connectivity index (χ3n) is 1.98. The number of carbonyl (C=O) groups excluding carboxylic acids is 1. The van der Waals surface area contributed by atoms with Crippen LogP contribution >= 0.6 is 0 Å². The van der Waals surface area contributed by atoms with E-state index in [1.54, 1.807) is 12.1 Å². The van der Waals surface area contributed by atoms with E-state index < -0.39 is 0 Å². The summed E-state index contributed by atoms with van der Waals surface area (Å²) in [5, 5.41) is 8.76. The number of hydrogen-bond acceptors (Lipinski definition) is 4. The van der Waals surface area contributed by atoms with E-state index in [1.165, 1.54) is 6.92 Å². The Morgan fingerprint density at radius 2 is 2.27 bits per heavy atom. The minimum absolute atomic E-state index is 0.191. The lowest BCUT2D eigenvalue weighted by Crippen LogP contribution is -2.06. The highest BCUT2D eigenvalue weighted by Gasteiger charge is 2.15. The Kier molecular flexibility index (Phi) is 3.29. The summed E-state index contributed by atoms with van der Waals surface area (Å²) in [6.07, 6.45) is 0. The largest absolute Gasteiger partial charge is 0.493 e. The summed E-state index contributed by atoms with van der Waals surface area (Å²) in [4.78, 5) is 11.4. The smallest absolute Gasteiger partial charge is 0.165 e. The number of nitrogens with zero attached hydrogens (tertiary/aromatic N) is 1. The van der Waals surface area contributed by atoms with Crippen molar-refractivity contribution in [1.82, 2.24) is 0 Å². The minimum atomic E-state index is -0.201. The number of benzene rings is 1. The Hall–Kier alpha value is -2.02. The molecular formula is C11H12N2O2. The fraction of sp³-hybridized carbons (Fsp3) is 0.273. The molecule has 0 aliphatic carbocycles. The van der Waals surface area contributed by atoms with Crippen molar-refractivity contribution < 1.29 is 9.53 Å². The lowest BCUT2D eigenvalue weighted by molar-refractivity contribution is 0.101. The van der Waals surface area contributed by atoms with Crippen LogP contribution in [-0.4, -0.2) is 12.4 Å². The zero-order chi connectivity index (χ0) is 11.4. The van der Waals surface area contributed by atoms with Gasteiger partial charge in [0.25, 0.3) is 0 Å². The van der Waals surface area contributed by atoms with Gasteiger partial charge in [0, 0.05) is 0 Å². The standard InChI is InChI=1S/C11H12N2O2/c1-3-15-9-5-4-8(6-12)11(13)10(9)7(2)14/h4-5H,3,13H2,1-2H3. The van der Waals surface area contributed by atoms with Crippen molar-refractivity contribution in [2.24, 2.45) is 0 Å². The van der Waals surface area contributed by atoms with E-state index in [0.717, 1.165) is 0 Å². The lowest BCUT2D eigenvalue weighted by Gasteiger charge is -2.10. The maximum absolute atomic E-state index is 11.4. The Labute approximate surface area is 88.3 Å². The summed E-state index contributed by atoms with van der Waals surface area (Å²) in [5.74, 6) is 0.231. The zero-order valence-electron chi connectivity index (χ0n) is 8.70. The maximum Gasteiger partial charge on any atom is 0.165 e. The summed E-state index contributed by atoms with van der Waals surface area (Å²) >= 11 is 0. The summed E-state index contributed by atoms with van der Waals surface area (Å²) in [7, 11) is 0. The second kappa shape index (κ2) is 4.47. The number of ether oxygens (including phenoxy) is 1. The van der Waals surface area contributed by atoms with E-state index in [1.807, 2.05) is 13.0 Å². The maximum atomic E-state index is 11.4. The fourth-order valence-electron chi connectivity index (χ4n) is 1.34. The minimum Gasteiger partial charge on any atom is -0.493 e. The van der Waals surface area contributed by atoms with Crippen molar-refractivity contribution in [3.8, 4) is 11.8 Å². The monoisotopic (exact) mass is 204 g/mol. The molecule has 4 nitrogen and oxygen atoms in total. The van der Waals surface area contributed by atoms with E-state index in [9.17, 15) is 4.79 Å². The van der Waals surface area contributed by atoms with Gasteiger partial charge in [-0.1, -0.05) is 0 Å². The van der Waals surface area contributed by atoms with Crippen molar-refractivity contribution in [1.29, 1.82) is 5.26 Å². The van der Waals surface area contributed by atoms with Crippen molar-refractivity contribution in [3.05, 3.63) is 23.3 Å². The van der Waals surface area contributed by atoms with Crippen LogP contribution in [0.15, 0.2) is 12.1 Å². The highest BCUT2D eigenvalue weighted by atomic mass is 16.5. The highest BCUT2D eigenvalue weighted by molar-refractivity contribution is 6.02. The number of ketones is 1. The molecule has 0 radical (unpaired) electrons. The zero-order valence-corrected chi connectivity index (χ0v) is 8.70. The molecular weight excluding hydrogens is 192 g/mol. The van der Waals surface area contributed by atoms with E-state index in [2.05, 4.69) is 0 Å². The van der Waals surface area contributed by atoms with Gasteiger partial charge in [0.1, 0.15) is 11.8 Å². The van der Waals surface area contributed by atoms with Gasteiger partial charge in [-0.25, -0.2) is 0 Å². The number of rotatable bonds is 3. The van der Waals surface area contributed by atoms with Crippen LogP contribution in [0, 0.1) is 11.3 Å². The SMILES string of the molecule is CCOc1ccc(C#N)c(N)c1C(C)=O. The topological polar surface area (TPSA) is 76.1 Å². The van der Waals surface area contributed by atoms with Crippen LogP contribution in [0.2, 0.25) is 0 Å². The molecule has 0 heterocycles. The molecule has 1 rings (SSSR count). The molecule has 78 valence electrons. The van der Waals surface area contributed by atoms with Crippen LogP contribution in [0.5, 0.6) is 5.75 Å². The van der Waals surface area contributed by atoms with Gasteiger partial charge >= 0.3 is 0 Å². The van der Waals surface area contributed by atoms with Gasteiger partial charge in [-0.2, -0.15) is 5.26 Å². The van der Waals surface area contributed by atoms with Crippen LogP contribution < -0.4 is 10.5 Å². The molecule has 0 aromatic heterocycles. The molecule has 0 saturated carbocycles. The van der Waals surface area contributed by atoms with E-state index >= 15 is 0 Å². The quantitative estimate of drug-likeness (QED) is 0.601. The molecule has 1 aromatic carbocycles. The first-order valence-electron chi connectivity index (χ1n) is 4.58. The Balaban J connectivity index is 3.39. The first-order chi connectivity index (χ1) is 7.11. The third kappa shape index (κ3) is 2.08. The van der Waals surface area contributed by atoms with E-state index in [4.69, 9.17) is 15.7 Å². The normalized spacial score (nSPS) is 9.40. The predicted octanol–water partition coefficient (Wildman–Crippen LogP) is 1.74. The van der Waals surface area contributed by atoms with Gasteiger partial charge in [0.2, 0.25) is 0 Å².